The Balaban J connectivity index is 2.06. The van der Waals surface area contributed by atoms with Crippen molar-refractivity contribution in [2.24, 2.45) is 5.92 Å². The molecule has 0 aliphatic carbocycles. The molecular formula is C10H16N2S2. The Morgan fingerprint density at radius 3 is 3.14 bits per heavy atom. The Labute approximate surface area is 94.1 Å². The second-order valence-electron chi connectivity index (χ2n) is 3.93. The number of nitrogens with zero attached hydrogens (tertiary/aromatic N) is 1. The third kappa shape index (κ3) is 2.23. The summed E-state index contributed by atoms with van der Waals surface area (Å²) in [5.74, 6) is 3.45. The summed E-state index contributed by atoms with van der Waals surface area (Å²) in [7, 11) is 0. The van der Waals surface area contributed by atoms with Gasteiger partial charge in [-0.05, 0) is 49.4 Å². The lowest BCUT2D eigenvalue weighted by molar-refractivity contribution is 0.439. The van der Waals surface area contributed by atoms with Crippen LogP contribution in [0.25, 0.3) is 0 Å². The molecule has 1 fully saturated rings. The lowest BCUT2D eigenvalue weighted by Gasteiger charge is -2.22. The molecule has 0 aromatic carbocycles. The molecule has 2 rings (SSSR count). The Morgan fingerprint density at radius 2 is 2.57 bits per heavy atom. The number of rotatable bonds is 2. The first-order chi connectivity index (χ1) is 6.77. The lowest BCUT2D eigenvalue weighted by Crippen LogP contribution is -2.17. The first kappa shape index (κ1) is 10.3. The van der Waals surface area contributed by atoms with Gasteiger partial charge in [-0.15, -0.1) is 0 Å². The maximum absolute atomic E-state index is 5.24. The van der Waals surface area contributed by atoms with Gasteiger partial charge in [0.1, 0.15) is 0 Å². The van der Waals surface area contributed by atoms with Crippen molar-refractivity contribution in [1.82, 2.24) is 9.55 Å². The van der Waals surface area contributed by atoms with Crippen LogP contribution in [0.2, 0.25) is 0 Å². The Hall–Kier alpha value is -0.220. The van der Waals surface area contributed by atoms with E-state index in [0.717, 1.165) is 17.2 Å². The summed E-state index contributed by atoms with van der Waals surface area (Å²) in [6.45, 7) is 3.21. The number of aryl methyl sites for hydroxylation is 1. The molecule has 0 bridgehead atoms. The minimum Gasteiger partial charge on any atom is -0.337 e. The van der Waals surface area contributed by atoms with E-state index in [9.17, 15) is 0 Å². The summed E-state index contributed by atoms with van der Waals surface area (Å²) in [5.41, 5.74) is 1.26. The summed E-state index contributed by atoms with van der Waals surface area (Å²) < 4.78 is 3.10. The van der Waals surface area contributed by atoms with Gasteiger partial charge in [-0.2, -0.15) is 11.8 Å². The fourth-order valence-electron chi connectivity index (χ4n) is 1.92. The molecule has 0 radical (unpaired) electrons. The summed E-state index contributed by atoms with van der Waals surface area (Å²) >= 11 is 7.32. The van der Waals surface area contributed by atoms with Crippen LogP contribution in [0.4, 0.5) is 0 Å². The molecule has 1 N–H and O–H groups in total. The second-order valence-corrected chi connectivity index (χ2v) is 5.47. The standard InChI is InChI=1S/C10H16N2S2/c1-8-5-11-10(13)12(8)6-9-3-2-4-14-7-9/h5,9H,2-4,6-7H2,1H3,(H,11,13). The number of imidazole rings is 1. The van der Waals surface area contributed by atoms with E-state index >= 15 is 0 Å². The molecular weight excluding hydrogens is 212 g/mol. The van der Waals surface area contributed by atoms with Gasteiger partial charge >= 0.3 is 0 Å². The van der Waals surface area contributed by atoms with E-state index in [1.807, 2.05) is 6.20 Å². The third-order valence-corrected chi connectivity index (χ3v) is 4.39. The van der Waals surface area contributed by atoms with Crippen molar-refractivity contribution < 1.29 is 0 Å². The number of aromatic amines is 1. The van der Waals surface area contributed by atoms with Gasteiger partial charge < -0.3 is 9.55 Å². The zero-order valence-electron chi connectivity index (χ0n) is 8.45. The van der Waals surface area contributed by atoms with Crippen LogP contribution >= 0.6 is 24.0 Å². The van der Waals surface area contributed by atoms with E-state index < -0.39 is 0 Å². The van der Waals surface area contributed by atoms with Gasteiger partial charge in [0.2, 0.25) is 0 Å². The van der Waals surface area contributed by atoms with Gasteiger partial charge in [-0.1, -0.05) is 0 Å². The molecule has 2 nitrogen and oxygen atoms in total. The number of nitrogens with one attached hydrogen (secondary N) is 1. The average Bonchev–Trinajstić information content (AvgIpc) is 2.51. The summed E-state index contributed by atoms with van der Waals surface area (Å²) in [6.07, 6.45) is 4.73. The van der Waals surface area contributed by atoms with Crippen LogP contribution in [-0.4, -0.2) is 21.1 Å². The predicted octanol–water partition coefficient (Wildman–Crippen LogP) is 3.00. The minimum absolute atomic E-state index is 0.815. The van der Waals surface area contributed by atoms with E-state index in [2.05, 4.69) is 28.2 Å². The lowest BCUT2D eigenvalue weighted by atomic mass is 10.1. The molecule has 0 spiro atoms. The van der Waals surface area contributed by atoms with Crippen molar-refractivity contribution in [2.75, 3.05) is 11.5 Å². The average molecular weight is 228 g/mol. The van der Waals surface area contributed by atoms with Gasteiger partial charge in [0.25, 0.3) is 0 Å². The smallest absolute Gasteiger partial charge is 0.177 e. The number of hydrogen-bond donors (Lipinski definition) is 1. The summed E-state index contributed by atoms with van der Waals surface area (Å²) in [6, 6.07) is 0. The van der Waals surface area contributed by atoms with Crippen LogP contribution in [-0.2, 0) is 6.54 Å². The number of hydrogen-bond acceptors (Lipinski definition) is 2. The molecule has 1 unspecified atom stereocenters. The van der Waals surface area contributed by atoms with Gasteiger partial charge in [0, 0.05) is 18.4 Å². The largest absolute Gasteiger partial charge is 0.337 e. The number of thioether (sulfide) groups is 1. The van der Waals surface area contributed by atoms with E-state index in [4.69, 9.17) is 12.2 Å². The van der Waals surface area contributed by atoms with Crippen molar-refractivity contribution in [3.05, 3.63) is 16.7 Å². The minimum atomic E-state index is 0.815. The van der Waals surface area contributed by atoms with Crippen molar-refractivity contribution in [3.8, 4) is 0 Å². The highest BCUT2D eigenvalue weighted by Gasteiger charge is 2.15. The highest BCUT2D eigenvalue weighted by Crippen LogP contribution is 2.24. The quantitative estimate of drug-likeness (QED) is 0.786. The van der Waals surface area contributed by atoms with Crippen LogP contribution in [0, 0.1) is 17.6 Å². The fourth-order valence-corrected chi connectivity index (χ4v) is 3.34. The van der Waals surface area contributed by atoms with E-state index in [1.165, 1.54) is 30.0 Å². The van der Waals surface area contributed by atoms with Crippen molar-refractivity contribution in [3.63, 3.8) is 0 Å². The first-order valence-electron chi connectivity index (χ1n) is 5.10. The zero-order chi connectivity index (χ0) is 9.97. The first-order valence-corrected chi connectivity index (χ1v) is 6.66. The van der Waals surface area contributed by atoms with Crippen LogP contribution in [0.15, 0.2) is 6.20 Å². The van der Waals surface area contributed by atoms with Gasteiger partial charge in [-0.25, -0.2) is 0 Å². The Morgan fingerprint density at radius 1 is 1.71 bits per heavy atom. The number of H-pyrrole nitrogens is 1. The van der Waals surface area contributed by atoms with Crippen LogP contribution < -0.4 is 0 Å². The molecule has 1 aliphatic rings. The molecule has 2 heterocycles. The van der Waals surface area contributed by atoms with Crippen molar-refractivity contribution in [1.29, 1.82) is 0 Å². The van der Waals surface area contributed by atoms with Crippen LogP contribution in [0.3, 0.4) is 0 Å². The van der Waals surface area contributed by atoms with Gasteiger partial charge in [-0.3, -0.25) is 0 Å². The van der Waals surface area contributed by atoms with E-state index in [0.29, 0.717) is 0 Å². The SMILES string of the molecule is Cc1c[nH]c(=S)n1CC1CCCSC1. The maximum atomic E-state index is 5.24. The fraction of sp³-hybridized carbons (Fsp3) is 0.700. The van der Waals surface area contributed by atoms with Crippen molar-refractivity contribution in [2.45, 2.75) is 26.3 Å². The predicted molar refractivity (Wildman–Crippen MR) is 64.4 cm³/mol. The molecule has 1 atom stereocenters. The van der Waals surface area contributed by atoms with E-state index in [-0.39, 0.29) is 0 Å². The molecule has 0 saturated carbocycles. The molecule has 1 aromatic rings. The molecule has 1 aliphatic heterocycles. The molecule has 1 aromatic heterocycles. The zero-order valence-corrected chi connectivity index (χ0v) is 10.1. The Kier molecular flexibility index (Phi) is 3.34. The summed E-state index contributed by atoms with van der Waals surface area (Å²) in [5, 5.41) is 0. The highest BCUT2D eigenvalue weighted by molar-refractivity contribution is 7.99. The van der Waals surface area contributed by atoms with Gasteiger partial charge in [0.15, 0.2) is 4.77 Å². The van der Waals surface area contributed by atoms with Crippen molar-refractivity contribution >= 4 is 24.0 Å². The van der Waals surface area contributed by atoms with E-state index in [1.54, 1.807) is 0 Å². The molecule has 0 amide bonds. The second kappa shape index (κ2) is 4.53. The molecule has 14 heavy (non-hydrogen) atoms. The van der Waals surface area contributed by atoms with Crippen LogP contribution in [0.5, 0.6) is 0 Å². The third-order valence-electron chi connectivity index (χ3n) is 2.77. The highest BCUT2D eigenvalue weighted by atomic mass is 32.2. The molecule has 4 heteroatoms. The Bertz CT molecular complexity index is 347. The number of aromatic nitrogens is 2. The maximum Gasteiger partial charge on any atom is 0.177 e. The van der Waals surface area contributed by atoms with Gasteiger partial charge in [0.05, 0.1) is 0 Å². The molecule has 1 saturated heterocycles. The summed E-state index contributed by atoms with van der Waals surface area (Å²) in [4.78, 5) is 3.10. The normalized spacial score (nSPS) is 22.5. The monoisotopic (exact) mass is 228 g/mol. The molecule has 78 valence electrons. The topological polar surface area (TPSA) is 20.7 Å². The van der Waals surface area contributed by atoms with Crippen LogP contribution in [0.1, 0.15) is 18.5 Å².